The third-order valence-electron chi connectivity index (χ3n) is 3.72. The molecule has 0 saturated heterocycles. The van der Waals surface area contributed by atoms with Crippen molar-refractivity contribution in [2.75, 3.05) is 48.9 Å². The fraction of sp³-hybridized carbons (Fsp3) is 0.769. The standard InChI is InChI=1S/C13H26N8/c1-4-21(5-2)13-17-11(16-12(18-13)19-14)15-8-9-20(3)10-6-7-10/h10H,4-9,14H2,1-3H3,(H2,15,16,17,18,19). The summed E-state index contributed by atoms with van der Waals surface area (Å²) in [7, 11) is 2.15. The van der Waals surface area contributed by atoms with Crippen LogP contribution in [0.4, 0.5) is 17.8 Å². The molecular formula is C13H26N8. The van der Waals surface area contributed by atoms with E-state index in [1.54, 1.807) is 0 Å². The van der Waals surface area contributed by atoms with E-state index in [1.165, 1.54) is 12.8 Å². The van der Waals surface area contributed by atoms with Crippen molar-refractivity contribution in [2.24, 2.45) is 5.84 Å². The van der Waals surface area contributed by atoms with Gasteiger partial charge in [-0.2, -0.15) is 15.0 Å². The van der Waals surface area contributed by atoms with Crippen LogP contribution in [0.2, 0.25) is 0 Å². The number of nitrogens with zero attached hydrogens (tertiary/aromatic N) is 5. The first kappa shape index (κ1) is 15.7. The van der Waals surface area contributed by atoms with Gasteiger partial charge in [0.1, 0.15) is 0 Å². The second-order valence-corrected chi connectivity index (χ2v) is 5.24. The average Bonchev–Trinajstić information content (AvgIpc) is 3.33. The molecule has 0 aliphatic heterocycles. The highest BCUT2D eigenvalue weighted by atomic mass is 15.4. The van der Waals surface area contributed by atoms with Crippen LogP contribution in [0.15, 0.2) is 0 Å². The molecular weight excluding hydrogens is 268 g/mol. The van der Waals surface area contributed by atoms with Crippen molar-refractivity contribution in [1.82, 2.24) is 19.9 Å². The van der Waals surface area contributed by atoms with Gasteiger partial charge in [-0.15, -0.1) is 0 Å². The van der Waals surface area contributed by atoms with Crippen LogP contribution in [0.1, 0.15) is 26.7 Å². The lowest BCUT2D eigenvalue weighted by Gasteiger charge is -2.20. The van der Waals surface area contributed by atoms with Gasteiger partial charge >= 0.3 is 0 Å². The first-order valence-corrected chi connectivity index (χ1v) is 7.59. The highest BCUT2D eigenvalue weighted by molar-refractivity contribution is 5.43. The molecule has 0 atom stereocenters. The van der Waals surface area contributed by atoms with Crippen molar-refractivity contribution >= 4 is 17.8 Å². The number of nitrogens with two attached hydrogens (primary N) is 1. The minimum atomic E-state index is 0.380. The summed E-state index contributed by atoms with van der Waals surface area (Å²) in [6.45, 7) is 7.60. The van der Waals surface area contributed by atoms with Crippen LogP contribution < -0.4 is 21.5 Å². The molecule has 0 spiro atoms. The summed E-state index contributed by atoms with van der Waals surface area (Å²) < 4.78 is 0. The van der Waals surface area contributed by atoms with E-state index in [1.807, 2.05) is 0 Å². The van der Waals surface area contributed by atoms with Crippen molar-refractivity contribution < 1.29 is 0 Å². The number of hydrazine groups is 1. The molecule has 0 unspecified atom stereocenters. The number of anilines is 3. The van der Waals surface area contributed by atoms with Crippen LogP contribution in [0, 0.1) is 0 Å². The quantitative estimate of drug-likeness (QED) is 0.448. The van der Waals surface area contributed by atoms with E-state index in [0.29, 0.717) is 17.8 Å². The Hall–Kier alpha value is -1.67. The molecule has 118 valence electrons. The summed E-state index contributed by atoms with van der Waals surface area (Å²) in [6, 6.07) is 0.762. The molecule has 1 aliphatic rings. The second kappa shape index (κ2) is 7.37. The summed E-state index contributed by atoms with van der Waals surface area (Å²) in [6.07, 6.45) is 2.63. The lowest BCUT2D eigenvalue weighted by molar-refractivity contribution is 0.337. The Balaban J connectivity index is 1.98. The van der Waals surface area contributed by atoms with E-state index in [4.69, 9.17) is 5.84 Å². The first-order valence-electron chi connectivity index (χ1n) is 7.59. The third-order valence-corrected chi connectivity index (χ3v) is 3.72. The van der Waals surface area contributed by atoms with Gasteiger partial charge in [-0.1, -0.05) is 0 Å². The van der Waals surface area contributed by atoms with Crippen LogP contribution in [0.3, 0.4) is 0 Å². The van der Waals surface area contributed by atoms with Crippen molar-refractivity contribution in [3.05, 3.63) is 0 Å². The monoisotopic (exact) mass is 294 g/mol. The SMILES string of the molecule is CCN(CC)c1nc(NN)nc(NCCN(C)C2CC2)n1. The van der Waals surface area contributed by atoms with Gasteiger partial charge in [0, 0.05) is 32.2 Å². The van der Waals surface area contributed by atoms with Crippen LogP contribution in [0.5, 0.6) is 0 Å². The minimum absolute atomic E-state index is 0.380. The lowest BCUT2D eigenvalue weighted by atomic mass is 10.5. The third kappa shape index (κ3) is 4.40. The van der Waals surface area contributed by atoms with Crippen molar-refractivity contribution in [1.29, 1.82) is 0 Å². The fourth-order valence-corrected chi connectivity index (χ4v) is 2.20. The second-order valence-electron chi connectivity index (χ2n) is 5.24. The number of likely N-dealkylation sites (N-methyl/N-ethyl adjacent to an activating group) is 1. The van der Waals surface area contributed by atoms with Gasteiger partial charge in [0.2, 0.25) is 17.8 Å². The molecule has 8 nitrogen and oxygen atoms in total. The van der Waals surface area contributed by atoms with E-state index >= 15 is 0 Å². The van der Waals surface area contributed by atoms with Crippen molar-refractivity contribution in [3.63, 3.8) is 0 Å². The van der Waals surface area contributed by atoms with E-state index in [9.17, 15) is 0 Å². The van der Waals surface area contributed by atoms with Crippen LogP contribution in [-0.4, -0.2) is 59.1 Å². The molecule has 1 aromatic rings. The van der Waals surface area contributed by atoms with Gasteiger partial charge in [-0.25, -0.2) is 5.84 Å². The molecule has 4 N–H and O–H groups in total. The Morgan fingerprint density at radius 3 is 2.38 bits per heavy atom. The number of rotatable bonds is 9. The van der Waals surface area contributed by atoms with Gasteiger partial charge in [0.05, 0.1) is 0 Å². The first-order chi connectivity index (χ1) is 10.2. The highest BCUT2D eigenvalue weighted by Gasteiger charge is 2.25. The van der Waals surface area contributed by atoms with Gasteiger partial charge in [-0.05, 0) is 33.7 Å². The zero-order chi connectivity index (χ0) is 15.2. The molecule has 0 aromatic carbocycles. The van der Waals surface area contributed by atoms with Gasteiger partial charge in [0.15, 0.2) is 0 Å². The van der Waals surface area contributed by atoms with Crippen molar-refractivity contribution in [3.8, 4) is 0 Å². The molecule has 1 saturated carbocycles. The lowest BCUT2D eigenvalue weighted by Crippen LogP contribution is -2.29. The Morgan fingerprint density at radius 1 is 1.14 bits per heavy atom. The van der Waals surface area contributed by atoms with Gasteiger partial charge in [-0.3, -0.25) is 5.43 Å². The summed E-state index contributed by atoms with van der Waals surface area (Å²) >= 11 is 0. The van der Waals surface area contributed by atoms with E-state index in [0.717, 1.165) is 32.2 Å². The summed E-state index contributed by atoms with van der Waals surface area (Å²) in [5, 5.41) is 3.25. The number of nitrogen functional groups attached to an aromatic ring is 1. The predicted octanol–water partition coefficient (Wildman–Crippen LogP) is 0.510. The van der Waals surface area contributed by atoms with E-state index < -0.39 is 0 Å². The molecule has 8 heteroatoms. The maximum atomic E-state index is 5.44. The Kier molecular flexibility index (Phi) is 5.51. The summed E-state index contributed by atoms with van der Waals surface area (Å²) in [5.74, 6) is 7.02. The summed E-state index contributed by atoms with van der Waals surface area (Å²) in [5.41, 5.74) is 2.50. The Morgan fingerprint density at radius 2 is 1.81 bits per heavy atom. The van der Waals surface area contributed by atoms with E-state index in [2.05, 4.69) is 56.4 Å². The molecule has 0 bridgehead atoms. The van der Waals surface area contributed by atoms with Crippen LogP contribution in [-0.2, 0) is 0 Å². The highest BCUT2D eigenvalue weighted by Crippen LogP contribution is 2.24. The Bertz CT molecular complexity index is 444. The molecule has 21 heavy (non-hydrogen) atoms. The molecule has 2 rings (SSSR count). The van der Waals surface area contributed by atoms with Crippen molar-refractivity contribution in [2.45, 2.75) is 32.7 Å². The van der Waals surface area contributed by atoms with Crippen LogP contribution >= 0.6 is 0 Å². The smallest absolute Gasteiger partial charge is 0.243 e. The maximum absolute atomic E-state index is 5.44. The summed E-state index contributed by atoms with van der Waals surface area (Å²) in [4.78, 5) is 17.4. The number of hydrogen-bond donors (Lipinski definition) is 3. The largest absolute Gasteiger partial charge is 0.353 e. The predicted molar refractivity (Wildman–Crippen MR) is 85.3 cm³/mol. The molecule has 0 radical (unpaired) electrons. The average molecular weight is 294 g/mol. The van der Waals surface area contributed by atoms with Crippen LogP contribution in [0.25, 0.3) is 0 Å². The van der Waals surface area contributed by atoms with Gasteiger partial charge in [0.25, 0.3) is 0 Å². The van der Waals surface area contributed by atoms with Gasteiger partial charge < -0.3 is 15.1 Å². The topological polar surface area (TPSA) is 95.2 Å². The molecule has 0 amide bonds. The zero-order valence-electron chi connectivity index (χ0n) is 13.1. The molecule has 1 fully saturated rings. The Labute approximate surface area is 126 Å². The number of aromatic nitrogens is 3. The maximum Gasteiger partial charge on any atom is 0.243 e. The number of hydrogen-bond acceptors (Lipinski definition) is 8. The fourth-order valence-electron chi connectivity index (χ4n) is 2.20. The van der Waals surface area contributed by atoms with E-state index in [-0.39, 0.29) is 0 Å². The normalized spacial score (nSPS) is 14.3. The minimum Gasteiger partial charge on any atom is -0.353 e. The zero-order valence-corrected chi connectivity index (χ0v) is 13.1. The number of nitrogens with one attached hydrogen (secondary N) is 2. The molecule has 1 heterocycles. The molecule has 1 aromatic heterocycles. The molecule has 1 aliphatic carbocycles.